The number of imidazole rings is 1. The zero-order valence-corrected chi connectivity index (χ0v) is 11.1. The molecule has 0 bridgehead atoms. The van der Waals surface area contributed by atoms with Crippen molar-refractivity contribution >= 4 is 17.0 Å². The van der Waals surface area contributed by atoms with Crippen molar-refractivity contribution in [3.05, 3.63) is 41.2 Å². The summed E-state index contributed by atoms with van der Waals surface area (Å²) in [7, 11) is 1.81. The van der Waals surface area contributed by atoms with Gasteiger partial charge in [-0.05, 0) is 19.1 Å². The third-order valence-electron chi connectivity index (χ3n) is 3.49. The Morgan fingerprint density at radius 1 is 1.30 bits per heavy atom. The van der Waals surface area contributed by atoms with Crippen molar-refractivity contribution in [1.29, 1.82) is 0 Å². The van der Waals surface area contributed by atoms with E-state index < -0.39 is 11.6 Å². The summed E-state index contributed by atoms with van der Waals surface area (Å²) < 4.78 is 30.5. The smallest absolute Gasteiger partial charge is 0.201 e. The first-order chi connectivity index (χ1) is 9.49. The molecule has 3 rings (SSSR count). The quantitative estimate of drug-likeness (QED) is 0.779. The predicted molar refractivity (Wildman–Crippen MR) is 71.1 cm³/mol. The zero-order valence-electron chi connectivity index (χ0n) is 11.1. The molecule has 7 heteroatoms. The van der Waals surface area contributed by atoms with Crippen LogP contribution < -0.4 is 5.73 Å². The third-order valence-corrected chi connectivity index (χ3v) is 3.49. The minimum absolute atomic E-state index is 0.0748. The van der Waals surface area contributed by atoms with E-state index in [9.17, 15) is 8.78 Å². The van der Waals surface area contributed by atoms with Crippen LogP contribution in [-0.4, -0.2) is 19.3 Å². The Hall–Kier alpha value is -2.44. The maximum Gasteiger partial charge on any atom is 0.201 e. The molecule has 0 amide bonds. The molecule has 0 aliphatic carbocycles. The highest BCUT2D eigenvalue weighted by Crippen LogP contribution is 2.24. The Labute approximate surface area is 113 Å². The molecule has 0 atom stereocenters. The Bertz CT molecular complexity index is 803. The number of aryl methyl sites for hydroxylation is 1. The van der Waals surface area contributed by atoms with Gasteiger partial charge in [0, 0.05) is 18.3 Å². The Morgan fingerprint density at radius 2 is 2.05 bits per heavy atom. The molecule has 0 aliphatic rings. The lowest BCUT2D eigenvalue weighted by Gasteiger charge is -2.07. The molecule has 104 valence electrons. The maximum atomic E-state index is 14.0. The summed E-state index contributed by atoms with van der Waals surface area (Å²) in [5, 5.41) is 4.12. The first-order valence-corrected chi connectivity index (χ1v) is 6.06. The van der Waals surface area contributed by atoms with E-state index in [4.69, 9.17) is 5.73 Å². The van der Waals surface area contributed by atoms with Crippen LogP contribution >= 0.6 is 0 Å². The van der Waals surface area contributed by atoms with Crippen LogP contribution in [-0.2, 0) is 13.6 Å². The normalized spacial score (nSPS) is 11.4. The number of nitrogens with zero attached hydrogens (tertiary/aromatic N) is 4. The van der Waals surface area contributed by atoms with Crippen molar-refractivity contribution in [2.75, 3.05) is 5.73 Å². The molecule has 0 fully saturated rings. The van der Waals surface area contributed by atoms with E-state index in [0.717, 1.165) is 17.3 Å². The highest BCUT2D eigenvalue weighted by molar-refractivity contribution is 5.79. The fourth-order valence-corrected chi connectivity index (χ4v) is 2.20. The molecule has 0 aliphatic heterocycles. The van der Waals surface area contributed by atoms with Crippen LogP contribution in [0, 0.1) is 18.6 Å². The van der Waals surface area contributed by atoms with Gasteiger partial charge in [0.05, 0.1) is 18.3 Å². The Balaban J connectivity index is 2.18. The standard InChI is InChI=1S/C13H13F2N5/c1-7-8(5-17-19(7)2)6-20-12-10(18-13(20)16)4-3-9(14)11(12)15/h3-5H,6H2,1-2H3,(H2,16,18). The second-order valence-corrected chi connectivity index (χ2v) is 4.66. The van der Waals surface area contributed by atoms with Crippen LogP contribution in [0.1, 0.15) is 11.3 Å². The molecule has 2 aromatic heterocycles. The number of hydrogen-bond donors (Lipinski definition) is 1. The van der Waals surface area contributed by atoms with Crippen LogP contribution in [0.4, 0.5) is 14.7 Å². The van der Waals surface area contributed by atoms with E-state index in [0.29, 0.717) is 12.1 Å². The summed E-state index contributed by atoms with van der Waals surface area (Å²) in [5.74, 6) is -1.71. The minimum atomic E-state index is -0.937. The fourth-order valence-electron chi connectivity index (χ4n) is 2.20. The molecule has 0 unspecified atom stereocenters. The number of nitrogens with two attached hydrogens (primary N) is 1. The Kier molecular flexibility index (Phi) is 2.70. The number of aromatic nitrogens is 4. The Morgan fingerprint density at radius 3 is 2.70 bits per heavy atom. The topological polar surface area (TPSA) is 61.7 Å². The molecular formula is C13H13F2N5. The summed E-state index contributed by atoms with van der Waals surface area (Å²) in [5.41, 5.74) is 8.03. The summed E-state index contributed by atoms with van der Waals surface area (Å²) in [6, 6.07) is 2.46. The third kappa shape index (κ3) is 1.74. The van der Waals surface area contributed by atoms with Crippen molar-refractivity contribution in [3.8, 4) is 0 Å². The monoisotopic (exact) mass is 277 g/mol. The van der Waals surface area contributed by atoms with Crippen molar-refractivity contribution in [3.63, 3.8) is 0 Å². The van der Waals surface area contributed by atoms with Gasteiger partial charge in [0.1, 0.15) is 5.52 Å². The van der Waals surface area contributed by atoms with Gasteiger partial charge in [-0.2, -0.15) is 5.10 Å². The van der Waals surface area contributed by atoms with Gasteiger partial charge in [0.15, 0.2) is 11.6 Å². The van der Waals surface area contributed by atoms with E-state index in [1.165, 1.54) is 10.6 Å². The van der Waals surface area contributed by atoms with Crippen molar-refractivity contribution in [2.45, 2.75) is 13.5 Å². The molecular weight excluding hydrogens is 264 g/mol. The first-order valence-electron chi connectivity index (χ1n) is 6.06. The number of benzene rings is 1. The average Bonchev–Trinajstić information content (AvgIpc) is 2.90. The lowest BCUT2D eigenvalue weighted by Crippen LogP contribution is -2.07. The zero-order chi connectivity index (χ0) is 14.4. The second-order valence-electron chi connectivity index (χ2n) is 4.66. The summed E-state index contributed by atoms with van der Waals surface area (Å²) >= 11 is 0. The predicted octanol–water partition coefficient (Wildman–Crippen LogP) is 1.99. The van der Waals surface area contributed by atoms with Gasteiger partial charge in [-0.1, -0.05) is 0 Å². The van der Waals surface area contributed by atoms with Crippen LogP contribution in [0.2, 0.25) is 0 Å². The largest absolute Gasteiger partial charge is 0.369 e. The summed E-state index contributed by atoms with van der Waals surface area (Å²) in [6.07, 6.45) is 1.68. The van der Waals surface area contributed by atoms with Crippen LogP contribution in [0.5, 0.6) is 0 Å². The summed E-state index contributed by atoms with van der Waals surface area (Å²) in [4.78, 5) is 4.05. The van der Waals surface area contributed by atoms with Crippen LogP contribution in [0.3, 0.4) is 0 Å². The van der Waals surface area contributed by atoms with E-state index in [1.807, 2.05) is 14.0 Å². The molecule has 0 saturated heterocycles. The van der Waals surface area contributed by atoms with E-state index in [1.54, 1.807) is 10.9 Å². The maximum absolute atomic E-state index is 14.0. The minimum Gasteiger partial charge on any atom is -0.369 e. The van der Waals surface area contributed by atoms with Crippen molar-refractivity contribution < 1.29 is 8.78 Å². The molecule has 2 N–H and O–H groups in total. The molecule has 20 heavy (non-hydrogen) atoms. The van der Waals surface area contributed by atoms with Gasteiger partial charge < -0.3 is 10.3 Å². The number of fused-ring (bicyclic) bond motifs is 1. The van der Waals surface area contributed by atoms with Gasteiger partial charge in [0.2, 0.25) is 5.95 Å². The van der Waals surface area contributed by atoms with Gasteiger partial charge in [-0.3, -0.25) is 4.68 Å². The number of hydrogen-bond acceptors (Lipinski definition) is 3. The van der Waals surface area contributed by atoms with E-state index >= 15 is 0 Å². The summed E-state index contributed by atoms with van der Waals surface area (Å²) in [6.45, 7) is 2.19. The van der Waals surface area contributed by atoms with E-state index in [2.05, 4.69) is 10.1 Å². The lowest BCUT2D eigenvalue weighted by atomic mass is 10.2. The second kappa shape index (κ2) is 4.29. The molecule has 0 radical (unpaired) electrons. The molecule has 1 aromatic carbocycles. The number of nitrogen functional groups attached to an aromatic ring is 1. The van der Waals surface area contributed by atoms with Crippen molar-refractivity contribution in [1.82, 2.24) is 19.3 Å². The highest BCUT2D eigenvalue weighted by atomic mass is 19.2. The van der Waals surface area contributed by atoms with Crippen LogP contribution in [0.15, 0.2) is 18.3 Å². The van der Waals surface area contributed by atoms with Crippen molar-refractivity contribution in [2.24, 2.45) is 7.05 Å². The molecule has 3 aromatic rings. The SMILES string of the molecule is Cc1c(Cn2c(N)nc3ccc(F)c(F)c32)cnn1C. The van der Waals surface area contributed by atoms with E-state index in [-0.39, 0.29) is 11.5 Å². The van der Waals surface area contributed by atoms with Gasteiger partial charge in [-0.25, -0.2) is 13.8 Å². The number of anilines is 1. The van der Waals surface area contributed by atoms with Gasteiger partial charge in [-0.15, -0.1) is 0 Å². The fraction of sp³-hybridized carbons (Fsp3) is 0.231. The average molecular weight is 277 g/mol. The highest BCUT2D eigenvalue weighted by Gasteiger charge is 2.17. The molecule has 5 nitrogen and oxygen atoms in total. The molecule has 0 saturated carbocycles. The van der Waals surface area contributed by atoms with Gasteiger partial charge in [0.25, 0.3) is 0 Å². The molecule has 0 spiro atoms. The van der Waals surface area contributed by atoms with Crippen LogP contribution in [0.25, 0.3) is 11.0 Å². The molecule has 2 heterocycles. The lowest BCUT2D eigenvalue weighted by molar-refractivity contribution is 0.512. The van der Waals surface area contributed by atoms with Gasteiger partial charge >= 0.3 is 0 Å². The first kappa shape index (κ1) is 12.6. The number of rotatable bonds is 2. The number of halogens is 2.